The van der Waals surface area contributed by atoms with Crippen molar-refractivity contribution in [3.8, 4) is 0 Å². The molecule has 0 amide bonds. The molecular weight excluding hydrogens is 224 g/mol. The molecule has 3 nitrogen and oxygen atoms in total. The smallest absolute Gasteiger partial charge is 0.200 e. The SMILES string of the molecule is CC(C)(C)c1nc2cc(C3CCCN3)ccc2o1. The first kappa shape index (κ1) is 11.7. The van der Waals surface area contributed by atoms with Crippen LogP contribution in [0.15, 0.2) is 22.6 Å². The Morgan fingerprint density at radius 2 is 2.17 bits per heavy atom. The van der Waals surface area contributed by atoms with Crippen LogP contribution in [0.2, 0.25) is 0 Å². The topological polar surface area (TPSA) is 38.1 Å². The lowest BCUT2D eigenvalue weighted by Crippen LogP contribution is -2.12. The summed E-state index contributed by atoms with van der Waals surface area (Å²) in [5.41, 5.74) is 3.16. The Labute approximate surface area is 108 Å². The molecule has 1 aliphatic heterocycles. The maximum atomic E-state index is 5.82. The van der Waals surface area contributed by atoms with E-state index in [1.807, 2.05) is 6.07 Å². The fourth-order valence-electron chi connectivity index (χ4n) is 2.45. The van der Waals surface area contributed by atoms with Crippen molar-refractivity contribution < 1.29 is 4.42 Å². The van der Waals surface area contributed by atoms with Crippen LogP contribution < -0.4 is 5.32 Å². The minimum Gasteiger partial charge on any atom is -0.440 e. The minimum atomic E-state index is -0.0369. The Balaban J connectivity index is 2.01. The van der Waals surface area contributed by atoms with Gasteiger partial charge in [0, 0.05) is 11.5 Å². The van der Waals surface area contributed by atoms with Crippen molar-refractivity contribution in [2.45, 2.75) is 45.1 Å². The standard InChI is InChI=1S/C15H20N2O/c1-15(2,3)14-17-12-9-10(6-7-13(12)18-14)11-5-4-8-16-11/h6-7,9,11,16H,4-5,8H2,1-3H3. The fraction of sp³-hybridized carbons (Fsp3) is 0.533. The number of oxazole rings is 1. The van der Waals surface area contributed by atoms with Gasteiger partial charge in [-0.05, 0) is 37.1 Å². The van der Waals surface area contributed by atoms with Crippen LogP contribution in [-0.4, -0.2) is 11.5 Å². The molecule has 1 aliphatic rings. The van der Waals surface area contributed by atoms with Crippen LogP contribution in [0.5, 0.6) is 0 Å². The second-order valence-corrected chi connectivity index (χ2v) is 6.15. The third-order valence-corrected chi connectivity index (χ3v) is 3.52. The third-order valence-electron chi connectivity index (χ3n) is 3.52. The highest BCUT2D eigenvalue weighted by atomic mass is 16.3. The summed E-state index contributed by atoms with van der Waals surface area (Å²) >= 11 is 0. The molecule has 3 heteroatoms. The van der Waals surface area contributed by atoms with Gasteiger partial charge >= 0.3 is 0 Å². The van der Waals surface area contributed by atoms with E-state index >= 15 is 0 Å². The van der Waals surface area contributed by atoms with E-state index in [4.69, 9.17) is 4.42 Å². The normalized spacial score (nSPS) is 20.7. The highest BCUT2D eigenvalue weighted by Crippen LogP contribution is 2.29. The van der Waals surface area contributed by atoms with Gasteiger partial charge in [-0.1, -0.05) is 26.8 Å². The molecule has 0 bridgehead atoms. The van der Waals surface area contributed by atoms with E-state index in [0.29, 0.717) is 6.04 Å². The second kappa shape index (κ2) is 4.09. The van der Waals surface area contributed by atoms with Gasteiger partial charge in [0.15, 0.2) is 5.58 Å². The van der Waals surface area contributed by atoms with E-state index < -0.39 is 0 Å². The number of fused-ring (bicyclic) bond motifs is 1. The zero-order valence-corrected chi connectivity index (χ0v) is 11.3. The quantitative estimate of drug-likeness (QED) is 0.833. The first-order valence-corrected chi connectivity index (χ1v) is 6.68. The molecule has 18 heavy (non-hydrogen) atoms. The monoisotopic (exact) mass is 244 g/mol. The molecule has 0 aliphatic carbocycles. The third kappa shape index (κ3) is 2.03. The molecular formula is C15H20N2O. The number of benzene rings is 1. The highest BCUT2D eigenvalue weighted by Gasteiger charge is 2.22. The summed E-state index contributed by atoms with van der Waals surface area (Å²) in [6, 6.07) is 6.86. The van der Waals surface area contributed by atoms with Gasteiger partial charge in [0.25, 0.3) is 0 Å². The molecule has 1 aromatic carbocycles. The van der Waals surface area contributed by atoms with Crippen LogP contribution in [0, 0.1) is 0 Å². The molecule has 0 saturated carbocycles. The maximum Gasteiger partial charge on any atom is 0.200 e. The van der Waals surface area contributed by atoms with E-state index in [9.17, 15) is 0 Å². The van der Waals surface area contributed by atoms with Crippen LogP contribution in [0.25, 0.3) is 11.1 Å². The van der Waals surface area contributed by atoms with Crippen LogP contribution in [-0.2, 0) is 5.41 Å². The largest absolute Gasteiger partial charge is 0.440 e. The zero-order chi connectivity index (χ0) is 12.8. The van der Waals surface area contributed by atoms with Gasteiger partial charge in [-0.2, -0.15) is 0 Å². The average Bonchev–Trinajstić information content (AvgIpc) is 2.96. The number of nitrogens with one attached hydrogen (secondary N) is 1. The molecule has 1 atom stereocenters. The molecule has 3 rings (SSSR count). The average molecular weight is 244 g/mol. The molecule has 1 fully saturated rings. The first-order chi connectivity index (χ1) is 8.54. The van der Waals surface area contributed by atoms with Crippen molar-refractivity contribution in [2.75, 3.05) is 6.54 Å². The molecule has 0 radical (unpaired) electrons. The van der Waals surface area contributed by atoms with E-state index in [0.717, 1.165) is 23.5 Å². The summed E-state index contributed by atoms with van der Waals surface area (Å²) < 4.78 is 5.82. The molecule has 1 N–H and O–H groups in total. The molecule has 2 heterocycles. The summed E-state index contributed by atoms with van der Waals surface area (Å²) in [5.74, 6) is 0.814. The first-order valence-electron chi connectivity index (χ1n) is 6.68. The molecule has 96 valence electrons. The van der Waals surface area contributed by atoms with Gasteiger partial charge in [-0.3, -0.25) is 0 Å². The van der Waals surface area contributed by atoms with Crippen LogP contribution in [0.4, 0.5) is 0 Å². The number of aromatic nitrogens is 1. The molecule has 0 spiro atoms. The maximum absolute atomic E-state index is 5.82. The van der Waals surface area contributed by atoms with E-state index in [1.54, 1.807) is 0 Å². The lowest BCUT2D eigenvalue weighted by Gasteiger charge is -2.11. The predicted octanol–water partition coefficient (Wildman–Crippen LogP) is 3.55. The Morgan fingerprint density at radius 3 is 2.83 bits per heavy atom. The van der Waals surface area contributed by atoms with Gasteiger partial charge in [0.2, 0.25) is 5.89 Å². The van der Waals surface area contributed by atoms with Gasteiger partial charge in [-0.15, -0.1) is 0 Å². The predicted molar refractivity (Wildman–Crippen MR) is 72.7 cm³/mol. The van der Waals surface area contributed by atoms with Crippen molar-refractivity contribution in [1.82, 2.24) is 10.3 Å². The Bertz CT molecular complexity index is 559. The molecule has 1 saturated heterocycles. The summed E-state index contributed by atoms with van der Waals surface area (Å²) in [4.78, 5) is 4.62. The van der Waals surface area contributed by atoms with Crippen molar-refractivity contribution in [3.05, 3.63) is 29.7 Å². The Morgan fingerprint density at radius 1 is 1.33 bits per heavy atom. The van der Waals surface area contributed by atoms with Crippen LogP contribution >= 0.6 is 0 Å². The Hall–Kier alpha value is -1.35. The zero-order valence-electron chi connectivity index (χ0n) is 11.3. The second-order valence-electron chi connectivity index (χ2n) is 6.15. The fourth-order valence-corrected chi connectivity index (χ4v) is 2.45. The lowest BCUT2D eigenvalue weighted by atomic mass is 9.97. The molecule has 1 unspecified atom stereocenters. The van der Waals surface area contributed by atoms with E-state index in [1.165, 1.54) is 18.4 Å². The van der Waals surface area contributed by atoms with Crippen molar-refractivity contribution in [2.24, 2.45) is 0 Å². The summed E-state index contributed by atoms with van der Waals surface area (Å²) in [7, 11) is 0. The summed E-state index contributed by atoms with van der Waals surface area (Å²) in [6.45, 7) is 7.49. The van der Waals surface area contributed by atoms with Gasteiger partial charge in [0.05, 0.1) is 0 Å². The molecule has 1 aromatic heterocycles. The van der Waals surface area contributed by atoms with Gasteiger partial charge in [0.1, 0.15) is 5.52 Å². The van der Waals surface area contributed by atoms with Gasteiger partial charge < -0.3 is 9.73 Å². The number of hydrogen-bond donors (Lipinski definition) is 1. The summed E-state index contributed by atoms with van der Waals surface area (Å²) in [5, 5.41) is 3.52. The van der Waals surface area contributed by atoms with Crippen LogP contribution in [0.1, 0.15) is 51.1 Å². The van der Waals surface area contributed by atoms with E-state index in [-0.39, 0.29) is 5.41 Å². The molecule has 2 aromatic rings. The summed E-state index contributed by atoms with van der Waals surface area (Å²) in [6.07, 6.45) is 2.48. The number of rotatable bonds is 1. The number of nitrogens with zero attached hydrogens (tertiary/aromatic N) is 1. The van der Waals surface area contributed by atoms with Crippen molar-refractivity contribution >= 4 is 11.1 Å². The number of hydrogen-bond acceptors (Lipinski definition) is 3. The lowest BCUT2D eigenvalue weighted by molar-refractivity contribution is 0.411. The van der Waals surface area contributed by atoms with Gasteiger partial charge in [-0.25, -0.2) is 4.98 Å². The van der Waals surface area contributed by atoms with Crippen molar-refractivity contribution in [1.29, 1.82) is 0 Å². The Kier molecular flexibility index (Phi) is 2.67. The highest BCUT2D eigenvalue weighted by molar-refractivity contribution is 5.73. The van der Waals surface area contributed by atoms with Crippen LogP contribution in [0.3, 0.4) is 0 Å². The van der Waals surface area contributed by atoms with Crippen molar-refractivity contribution in [3.63, 3.8) is 0 Å². The minimum absolute atomic E-state index is 0.0369. The van der Waals surface area contributed by atoms with E-state index in [2.05, 4.69) is 43.2 Å².